The zero-order chi connectivity index (χ0) is 22.6. The lowest BCUT2D eigenvalue weighted by molar-refractivity contribution is -0.122. The largest absolute Gasteiger partial charge is 0.451 e. The molecule has 1 aliphatic rings. The lowest BCUT2D eigenvalue weighted by Gasteiger charge is -2.38. The molecule has 1 atom stereocenters. The number of carbonyl (C=O) groups excluding carboxylic acids is 2. The molecule has 0 aliphatic carbocycles. The van der Waals surface area contributed by atoms with Crippen molar-refractivity contribution in [2.24, 2.45) is 0 Å². The van der Waals surface area contributed by atoms with E-state index in [0.29, 0.717) is 37.5 Å². The first-order valence-electron chi connectivity index (χ1n) is 11.1. The van der Waals surface area contributed by atoms with E-state index >= 15 is 0 Å². The molecular formula is C27H25N3O3. The molecule has 3 aromatic carbocycles. The molecule has 0 spiro atoms. The Morgan fingerprint density at radius 2 is 1.42 bits per heavy atom. The number of fused-ring (bicyclic) bond motifs is 1. The lowest BCUT2D eigenvalue weighted by atomic mass is 10.0. The van der Waals surface area contributed by atoms with Crippen LogP contribution < -0.4 is 5.32 Å². The smallest absolute Gasteiger partial charge is 0.289 e. The second-order valence-electron chi connectivity index (χ2n) is 8.15. The molecule has 1 aliphatic heterocycles. The summed E-state index contributed by atoms with van der Waals surface area (Å²) in [4.78, 5) is 30.3. The molecule has 1 aromatic heterocycles. The fourth-order valence-electron chi connectivity index (χ4n) is 4.32. The molecule has 0 bridgehead atoms. The van der Waals surface area contributed by atoms with Gasteiger partial charge in [0.1, 0.15) is 11.6 Å². The topological polar surface area (TPSA) is 65.8 Å². The van der Waals surface area contributed by atoms with E-state index < -0.39 is 6.04 Å². The summed E-state index contributed by atoms with van der Waals surface area (Å²) in [5, 5.41) is 3.95. The first-order chi connectivity index (χ1) is 16.2. The Balaban J connectivity index is 1.31. The van der Waals surface area contributed by atoms with Gasteiger partial charge in [-0.3, -0.25) is 14.5 Å². The van der Waals surface area contributed by atoms with Gasteiger partial charge in [-0.2, -0.15) is 0 Å². The van der Waals surface area contributed by atoms with Crippen molar-refractivity contribution < 1.29 is 14.0 Å². The fourth-order valence-corrected chi connectivity index (χ4v) is 4.32. The Hall–Kier alpha value is -3.90. The Kier molecular flexibility index (Phi) is 5.91. The van der Waals surface area contributed by atoms with E-state index in [1.54, 1.807) is 11.0 Å². The monoisotopic (exact) mass is 439 g/mol. The van der Waals surface area contributed by atoms with Crippen LogP contribution in [0.4, 0.5) is 5.69 Å². The average Bonchev–Trinajstić information content (AvgIpc) is 3.30. The molecule has 33 heavy (non-hydrogen) atoms. The molecule has 2 heterocycles. The number of furan rings is 1. The Morgan fingerprint density at radius 3 is 2.12 bits per heavy atom. The van der Waals surface area contributed by atoms with E-state index in [4.69, 9.17) is 4.42 Å². The van der Waals surface area contributed by atoms with Gasteiger partial charge in [0.25, 0.3) is 5.91 Å². The minimum absolute atomic E-state index is 0.0792. The number of hydrogen-bond acceptors (Lipinski definition) is 4. The number of carbonyl (C=O) groups is 2. The number of rotatable bonds is 5. The minimum atomic E-state index is -0.435. The number of anilines is 1. The van der Waals surface area contributed by atoms with Gasteiger partial charge in [-0.15, -0.1) is 0 Å². The van der Waals surface area contributed by atoms with E-state index in [-0.39, 0.29) is 11.8 Å². The van der Waals surface area contributed by atoms with Gasteiger partial charge in [-0.05, 0) is 29.8 Å². The highest BCUT2D eigenvalue weighted by Gasteiger charge is 2.32. The van der Waals surface area contributed by atoms with Gasteiger partial charge >= 0.3 is 0 Å². The van der Waals surface area contributed by atoms with Crippen molar-refractivity contribution in [2.45, 2.75) is 6.04 Å². The third-order valence-corrected chi connectivity index (χ3v) is 6.01. The summed E-state index contributed by atoms with van der Waals surface area (Å²) < 4.78 is 5.76. The van der Waals surface area contributed by atoms with Crippen molar-refractivity contribution in [3.05, 3.63) is 102 Å². The minimum Gasteiger partial charge on any atom is -0.451 e. The molecule has 6 nitrogen and oxygen atoms in total. The molecule has 1 N–H and O–H groups in total. The summed E-state index contributed by atoms with van der Waals surface area (Å²) in [6.07, 6.45) is 0. The van der Waals surface area contributed by atoms with Crippen LogP contribution in [0.15, 0.2) is 95.4 Å². The highest BCUT2D eigenvalue weighted by Crippen LogP contribution is 2.26. The van der Waals surface area contributed by atoms with Gasteiger partial charge in [0, 0.05) is 37.3 Å². The number of hydrogen-bond donors (Lipinski definition) is 1. The van der Waals surface area contributed by atoms with Crippen LogP contribution in [0.25, 0.3) is 11.0 Å². The van der Waals surface area contributed by atoms with Crippen molar-refractivity contribution in [3.8, 4) is 0 Å². The van der Waals surface area contributed by atoms with E-state index in [0.717, 1.165) is 16.6 Å². The number of para-hydroxylation sites is 2. The predicted octanol–water partition coefficient (Wildman–Crippen LogP) is 4.57. The van der Waals surface area contributed by atoms with Crippen LogP contribution in [0, 0.1) is 0 Å². The average molecular weight is 440 g/mol. The Labute approximate surface area is 192 Å². The van der Waals surface area contributed by atoms with Crippen LogP contribution in [0.3, 0.4) is 0 Å². The van der Waals surface area contributed by atoms with Gasteiger partial charge in [0.15, 0.2) is 5.76 Å². The molecule has 166 valence electrons. The summed E-state index contributed by atoms with van der Waals surface area (Å²) in [7, 11) is 0. The van der Waals surface area contributed by atoms with Crippen LogP contribution in [0.5, 0.6) is 0 Å². The quantitative estimate of drug-likeness (QED) is 0.495. The van der Waals surface area contributed by atoms with Gasteiger partial charge in [-0.25, -0.2) is 0 Å². The molecule has 0 saturated carbocycles. The van der Waals surface area contributed by atoms with Crippen LogP contribution in [0.2, 0.25) is 0 Å². The normalized spacial score (nSPS) is 15.3. The van der Waals surface area contributed by atoms with Crippen molar-refractivity contribution >= 4 is 28.5 Å². The third-order valence-electron chi connectivity index (χ3n) is 6.01. The van der Waals surface area contributed by atoms with Gasteiger partial charge in [0.2, 0.25) is 5.91 Å². The van der Waals surface area contributed by atoms with Crippen LogP contribution in [0.1, 0.15) is 22.2 Å². The van der Waals surface area contributed by atoms with Gasteiger partial charge < -0.3 is 14.6 Å². The maximum absolute atomic E-state index is 13.3. The lowest BCUT2D eigenvalue weighted by Crippen LogP contribution is -2.51. The van der Waals surface area contributed by atoms with Crippen molar-refractivity contribution in [1.29, 1.82) is 0 Å². The number of nitrogens with zero attached hydrogens (tertiary/aromatic N) is 2. The van der Waals surface area contributed by atoms with Crippen molar-refractivity contribution in [3.63, 3.8) is 0 Å². The van der Waals surface area contributed by atoms with Gasteiger partial charge in [0.05, 0.1) is 0 Å². The van der Waals surface area contributed by atoms with E-state index in [9.17, 15) is 9.59 Å². The van der Waals surface area contributed by atoms with Crippen molar-refractivity contribution in [1.82, 2.24) is 9.80 Å². The van der Waals surface area contributed by atoms with E-state index in [1.165, 1.54) is 0 Å². The highest BCUT2D eigenvalue weighted by molar-refractivity contribution is 5.97. The fraction of sp³-hybridized carbons (Fsp3) is 0.185. The number of benzene rings is 3. The zero-order valence-electron chi connectivity index (χ0n) is 18.2. The maximum Gasteiger partial charge on any atom is 0.289 e. The SMILES string of the molecule is O=C(Nc1ccccc1)C(c1ccccc1)N1CCN(C(=O)c2cc3ccccc3o2)CC1. The van der Waals surface area contributed by atoms with Crippen LogP contribution in [-0.2, 0) is 4.79 Å². The first kappa shape index (κ1) is 21.0. The van der Waals surface area contributed by atoms with Crippen LogP contribution in [-0.4, -0.2) is 47.8 Å². The molecule has 5 rings (SSSR count). The summed E-state index contributed by atoms with van der Waals surface area (Å²) in [6.45, 7) is 2.23. The second kappa shape index (κ2) is 9.30. The molecule has 1 fully saturated rings. The summed E-state index contributed by atoms with van der Waals surface area (Å²) >= 11 is 0. The molecule has 0 radical (unpaired) electrons. The first-order valence-corrected chi connectivity index (χ1v) is 11.1. The Bertz CT molecular complexity index is 1210. The molecule has 1 unspecified atom stereocenters. The summed E-state index contributed by atoms with van der Waals surface area (Å²) in [6, 6.07) is 28.2. The standard InChI is InChI=1S/C27H25N3O3/c31-26(28-22-12-5-2-6-13-22)25(20-9-3-1-4-10-20)29-15-17-30(18-16-29)27(32)24-19-21-11-7-8-14-23(21)33-24/h1-14,19,25H,15-18H2,(H,28,31). The highest BCUT2D eigenvalue weighted by atomic mass is 16.3. The number of nitrogens with one attached hydrogen (secondary N) is 1. The molecular weight excluding hydrogens is 414 g/mol. The van der Waals surface area contributed by atoms with Gasteiger partial charge in [-0.1, -0.05) is 66.7 Å². The maximum atomic E-state index is 13.3. The molecule has 4 aromatic rings. The number of amides is 2. The third kappa shape index (κ3) is 4.52. The summed E-state index contributed by atoms with van der Waals surface area (Å²) in [5.74, 6) is 0.159. The second-order valence-corrected chi connectivity index (χ2v) is 8.15. The Morgan fingerprint density at radius 1 is 0.788 bits per heavy atom. The molecule has 6 heteroatoms. The van der Waals surface area contributed by atoms with Crippen molar-refractivity contribution in [2.75, 3.05) is 31.5 Å². The predicted molar refractivity (Wildman–Crippen MR) is 128 cm³/mol. The molecule has 1 saturated heterocycles. The van der Waals surface area contributed by atoms with Crippen LogP contribution >= 0.6 is 0 Å². The molecule has 2 amide bonds. The number of piperazine rings is 1. The zero-order valence-corrected chi connectivity index (χ0v) is 18.2. The van der Waals surface area contributed by atoms with E-state index in [2.05, 4.69) is 10.2 Å². The van der Waals surface area contributed by atoms with E-state index in [1.807, 2.05) is 84.9 Å². The summed E-state index contributed by atoms with van der Waals surface area (Å²) in [5.41, 5.74) is 2.41.